The fourth-order valence-electron chi connectivity index (χ4n) is 6.29. The highest BCUT2D eigenvalue weighted by atomic mass is 32.2. The van der Waals surface area contributed by atoms with E-state index in [4.69, 9.17) is 23.7 Å². The van der Waals surface area contributed by atoms with Crippen molar-refractivity contribution in [1.29, 1.82) is 0 Å². The van der Waals surface area contributed by atoms with Crippen LogP contribution in [-0.2, 0) is 30.7 Å². The highest BCUT2D eigenvalue weighted by Crippen LogP contribution is 2.35. The van der Waals surface area contributed by atoms with Crippen molar-refractivity contribution in [2.24, 2.45) is 11.3 Å². The standard InChI is InChI=1S/C35H48N2O9S/c1-35(2)17-10-5-4-6-11-18-43-30-21-26(42-3)14-15-32(30)47(40,41)37(24-35)22-29(38)28(20-25-12-8-7-9-13-25)36-34(39)46-31-23-45-33-27(31)16-19-44-33/h5,7-10,12-15,21,27-29,31,33,38H,4,6,11,16-20,22-24H2,1-3H3,(H,36,39)/b10-5-/t27-,28-,29+,31-,33+/m0/s1. The van der Waals surface area contributed by atoms with Crippen molar-refractivity contribution < 1.29 is 42.0 Å². The third-order valence-electron chi connectivity index (χ3n) is 8.93. The second-order valence-electron chi connectivity index (χ2n) is 13.3. The fourth-order valence-corrected chi connectivity index (χ4v) is 8.05. The Hall–Kier alpha value is -3.16. The molecule has 3 heterocycles. The van der Waals surface area contributed by atoms with Crippen LogP contribution in [0.15, 0.2) is 65.6 Å². The molecule has 0 radical (unpaired) electrons. The number of alkyl carbamates (subject to hydrolysis) is 1. The maximum absolute atomic E-state index is 14.5. The number of nitrogens with one attached hydrogen (secondary N) is 1. The van der Waals surface area contributed by atoms with Gasteiger partial charge in [-0.3, -0.25) is 0 Å². The van der Waals surface area contributed by atoms with Crippen LogP contribution in [0.1, 0.15) is 51.5 Å². The number of carbonyl (C=O) groups excluding carboxylic acids is 1. The molecule has 2 aromatic rings. The van der Waals surface area contributed by atoms with Gasteiger partial charge in [0.25, 0.3) is 0 Å². The molecule has 3 aliphatic rings. The van der Waals surface area contributed by atoms with Gasteiger partial charge in [-0.05, 0) is 61.6 Å². The molecule has 0 unspecified atom stereocenters. The first-order chi connectivity index (χ1) is 22.6. The lowest BCUT2D eigenvalue weighted by Gasteiger charge is -2.35. The van der Waals surface area contributed by atoms with Crippen LogP contribution in [-0.4, -0.2) is 88.5 Å². The quantitative estimate of drug-likeness (QED) is 0.384. The number of carbonyl (C=O) groups is 1. The van der Waals surface area contributed by atoms with Gasteiger partial charge < -0.3 is 34.1 Å². The van der Waals surface area contributed by atoms with Crippen LogP contribution >= 0.6 is 0 Å². The van der Waals surface area contributed by atoms with Gasteiger partial charge in [0.15, 0.2) is 6.29 Å². The number of allylic oxidation sites excluding steroid dienone is 2. The van der Waals surface area contributed by atoms with Crippen LogP contribution in [0.3, 0.4) is 0 Å². The maximum Gasteiger partial charge on any atom is 0.407 e. The van der Waals surface area contributed by atoms with Crippen molar-refractivity contribution in [3.8, 4) is 11.5 Å². The molecule has 12 heteroatoms. The Morgan fingerprint density at radius 3 is 2.70 bits per heavy atom. The number of aliphatic hydroxyl groups is 1. The summed E-state index contributed by atoms with van der Waals surface area (Å²) in [4.78, 5) is 13.2. The molecule has 2 saturated heterocycles. The molecule has 258 valence electrons. The van der Waals surface area contributed by atoms with E-state index in [9.17, 15) is 18.3 Å². The summed E-state index contributed by atoms with van der Waals surface area (Å²) in [7, 11) is -2.68. The molecule has 0 aromatic heterocycles. The van der Waals surface area contributed by atoms with E-state index < -0.39 is 39.8 Å². The molecule has 0 aliphatic carbocycles. The molecule has 1 amide bonds. The Bertz CT molecular complexity index is 1470. The van der Waals surface area contributed by atoms with Gasteiger partial charge in [0.1, 0.15) is 22.5 Å². The summed E-state index contributed by atoms with van der Waals surface area (Å²) >= 11 is 0. The molecular weight excluding hydrogens is 624 g/mol. The third-order valence-corrected chi connectivity index (χ3v) is 10.8. The summed E-state index contributed by atoms with van der Waals surface area (Å²) in [5, 5.41) is 14.6. The van der Waals surface area contributed by atoms with Crippen molar-refractivity contribution in [3.05, 3.63) is 66.2 Å². The van der Waals surface area contributed by atoms with E-state index in [1.165, 1.54) is 17.5 Å². The molecule has 0 bridgehead atoms. The third kappa shape index (κ3) is 9.26. The smallest absolute Gasteiger partial charge is 0.407 e. The Morgan fingerprint density at radius 1 is 1.11 bits per heavy atom. The first-order valence-electron chi connectivity index (χ1n) is 16.4. The predicted octanol–water partition coefficient (Wildman–Crippen LogP) is 4.68. The van der Waals surface area contributed by atoms with Gasteiger partial charge in [-0.1, -0.05) is 56.3 Å². The average molecular weight is 673 g/mol. The Morgan fingerprint density at radius 2 is 1.91 bits per heavy atom. The van der Waals surface area contributed by atoms with E-state index in [-0.39, 0.29) is 49.0 Å². The molecule has 5 rings (SSSR count). The lowest BCUT2D eigenvalue weighted by molar-refractivity contribution is -0.0907. The van der Waals surface area contributed by atoms with Gasteiger partial charge in [0.05, 0.1) is 45.0 Å². The molecule has 11 nitrogen and oxygen atoms in total. The molecular formula is C35H48N2O9S. The number of methoxy groups -OCH3 is 1. The van der Waals surface area contributed by atoms with Crippen molar-refractivity contribution >= 4 is 16.1 Å². The number of fused-ring (bicyclic) bond motifs is 2. The number of hydrogen-bond donors (Lipinski definition) is 2. The molecule has 47 heavy (non-hydrogen) atoms. The summed E-state index contributed by atoms with van der Waals surface area (Å²) in [6.45, 7) is 4.98. The van der Waals surface area contributed by atoms with Crippen LogP contribution in [0, 0.1) is 11.3 Å². The summed E-state index contributed by atoms with van der Waals surface area (Å²) in [5.41, 5.74) is 0.398. The number of nitrogens with zero attached hydrogens (tertiary/aromatic N) is 1. The van der Waals surface area contributed by atoms with E-state index in [0.717, 1.165) is 31.2 Å². The van der Waals surface area contributed by atoms with Gasteiger partial charge in [-0.15, -0.1) is 0 Å². The van der Waals surface area contributed by atoms with E-state index in [2.05, 4.69) is 17.5 Å². The second kappa shape index (κ2) is 15.8. The van der Waals surface area contributed by atoms with Crippen molar-refractivity contribution in [3.63, 3.8) is 0 Å². The highest BCUT2D eigenvalue weighted by molar-refractivity contribution is 7.89. The van der Waals surface area contributed by atoms with E-state index in [1.54, 1.807) is 12.1 Å². The van der Waals surface area contributed by atoms with Crippen molar-refractivity contribution in [2.45, 2.75) is 81.8 Å². The SMILES string of the molecule is COc1ccc2c(c1)OCCCC/C=C\CC(C)(C)CN(C[C@@H](O)[C@H](Cc1ccccc1)NC(=O)O[C@H]1CO[C@H]3OCC[C@H]31)S2(=O)=O. The molecule has 2 fully saturated rings. The first kappa shape index (κ1) is 35.2. The van der Waals surface area contributed by atoms with Crippen molar-refractivity contribution in [1.82, 2.24) is 9.62 Å². The van der Waals surface area contributed by atoms with Crippen LogP contribution in [0.25, 0.3) is 0 Å². The van der Waals surface area contributed by atoms with Gasteiger partial charge in [-0.2, -0.15) is 4.31 Å². The summed E-state index contributed by atoms with van der Waals surface area (Å²) < 4.78 is 58.6. The summed E-state index contributed by atoms with van der Waals surface area (Å²) in [5.74, 6) is 0.630. The fraction of sp³-hybridized carbons (Fsp3) is 0.571. The maximum atomic E-state index is 14.5. The van der Waals surface area contributed by atoms with Crippen molar-refractivity contribution in [2.75, 3.05) is 40.0 Å². The van der Waals surface area contributed by atoms with Crippen LogP contribution in [0.4, 0.5) is 4.79 Å². The number of rotatable bonds is 8. The molecule has 5 atom stereocenters. The van der Waals surface area contributed by atoms with Crippen LogP contribution in [0.5, 0.6) is 11.5 Å². The molecule has 0 spiro atoms. The molecule has 2 aromatic carbocycles. The molecule has 2 N–H and O–H groups in total. The Kier molecular flexibility index (Phi) is 11.8. The number of ether oxygens (including phenoxy) is 5. The minimum Gasteiger partial charge on any atom is -0.497 e. The van der Waals surface area contributed by atoms with Gasteiger partial charge in [0.2, 0.25) is 10.0 Å². The lowest BCUT2D eigenvalue weighted by atomic mass is 9.88. The highest BCUT2D eigenvalue weighted by Gasteiger charge is 2.44. The normalized spacial score (nSPS) is 26.4. The number of sulfonamides is 1. The van der Waals surface area contributed by atoms with E-state index in [1.807, 2.05) is 44.2 Å². The second-order valence-corrected chi connectivity index (χ2v) is 15.2. The Labute approximate surface area is 278 Å². The van der Waals surface area contributed by atoms with Crippen LogP contribution in [0.2, 0.25) is 0 Å². The van der Waals surface area contributed by atoms with Crippen LogP contribution < -0.4 is 14.8 Å². The number of β-amino-alcohol motifs (C(OH)–C–C–N with tert-alkyl or cyclic N) is 1. The summed E-state index contributed by atoms with van der Waals surface area (Å²) in [6.07, 6.45) is 5.59. The largest absolute Gasteiger partial charge is 0.497 e. The zero-order valence-electron chi connectivity index (χ0n) is 27.5. The molecule has 3 aliphatic heterocycles. The zero-order valence-corrected chi connectivity index (χ0v) is 28.3. The van der Waals surface area contributed by atoms with Gasteiger partial charge in [0, 0.05) is 19.2 Å². The first-order valence-corrected chi connectivity index (χ1v) is 17.9. The number of benzene rings is 2. The number of amides is 1. The monoisotopic (exact) mass is 672 g/mol. The topological polar surface area (TPSA) is 133 Å². The van der Waals surface area contributed by atoms with Gasteiger partial charge in [-0.25, -0.2) is 13.2 Å². The lowest BCUT2D eigenvalue weighted by Crippen LogP contribution is -2.52. The molecule has 0 saturated carbocycles. The van der Waals surface area contributed by atoms with Gasteiger partial charge >= 0.3 is 6.09 Å². The average Bonchev–Trinajstić information content (AvgIpc) is 3.66. The number of aliphatic hydroxyl groups excluding tert-OH is 1. The minimum atomic E-state index is -4.19. The van der Waals surface area contributed by atoms with E-state index in [0.29, 0.717) is 25.4 Å². The Balaban J connectivity index is 1.42. The predicted molar refractivity (Wildman–Crippen MR) is 176 cm³/mol. The zero-order chi connectivity index (χ0) is 33.4. The number of hydrogen-bond acceptors (Lipinski definition) is 9. The summed E-state index contributed by atoms with van der Waals surface area (Å²) in [6, 6.07) is 13.2. The minimum absolute atomic E-state index is 0.00421. The van der Waals surface area contributed by atoms with E-state index >= 15 is 0 Å².